The van der Waals surface area contributed by atoms with Crippen molar-refractivity contribution in [3.05, 3.63) is 46.6 Å². The third-order valence-corrected chi connectivity index (χ3v) is 6.32. The van der Waals surface area contributed by atoms with E-state index in [-0.39, 0.29) is 5.91 Å². The molecule has 1 amide bonds. The molecule has 2 heterocycles. The molecule has 2 aliphatic rings. The topological polar surface area (TPSA) is 81.5 Å². The molecule has 0 unspecified atom stereocenters. The van der Waals surface area contributed by atoms with Gasteiger partial charge >= 0.3 is 0 Å². The number of hydrogen-bond acceptors (Lipinski definition) is 6. The number of nitrogens with zero attached hydrogens (tertiary/aromatic N) is 4. The van der Waals surface area contributed by atoms with Crippen LogP contribution in [0.1, 0.15) is 42.1 Å². The number of anilines is 2. The molecule has 0 atom stereocenters. The first kappa shape index (κ1) is 22.1. The van der Waals surface area contributed by atoms with Crippen molar-refractivity contribution in [2.24, 2.45) is 0 Å². The Hall–Kier alpha value is -3.11. The number of carbonyl (C=O) groups is 1. The molecule has 1 aromatic heterocycles. The number of aromatic nitrogens is 1. The lowest BCUT2D eigenvalue weighted by molar-refractivity contribution is -0.117. The van der Waals surface area contributed by atoms with Gasteiger partial charge in [0.2, 0.25) is 5.91 Å². The van der Waals surface area contributed by atoms with E-state index in [1.165, 1.54) is 16.8 Å². The lowest BCUT2D eigenvalue weighted by Crippen LogP contribution is -2.49. The van der Waals surface area contributed by atoms with E-state index in [2.05, 4.69) is 28.1 Å². The zero-order chi connectivity index (χ0) is 22.5. The number of piperazine rings is 1. The van der Waals surface area contributed by atoms with Gasteiger partial charge in [0.1, 0.15) is 17.6 Å². The fourth-order valence-corrected chi connectivity index (χ4v) is 4.74. The molecule has 1 aliphatic heterocycles. The van der Waals surface area contributed by atoms with Gasteiger partial charge in [0, 0.05) is 43.6 Å². The van der Waals surface area contributed by atoms with E-state index < -0.39 is 0 Å². The second-order valence-corrected chi connectivity index (χ2v) is 8.47. The van der Waals surface area contributed by atoms with Crippen LogP contribution < -0.4 is 15.0 Å². The van der Waals surface area contributed by atoms with E-state index in [1.807, 2.05) is 24.3 Å². The maximum atomic E-state index is 12.5. The molecule has 7 nitrogen and oxygen atoms in total. The summed E-state index contributed by atoms with van der Waals surface area (Å²) in [6, 6.07) is 9.83. The molecule has 1 aromatic carbocycles. The van der Waals surface area contributed by atoms with Crippen LogP contribution in [0, 0.1) is 11.3 Å². The third kappa shape index (κ3) is 4.71. The second kappa shape index (κ2) is 10.0. The quantitative estimate of drug-likeness (QED) is 0.722. The number of fused-ring (bicyclic) bond motifs is 1. The molecule has 1 N–H and O–H groups in total. The molecule has 1 fully saturated rings. The standard InChI is InChI=1S/C25H31N5O2/c1-3-6-23-21-10-5-9-20(21)22(16-26)25(28-23)30-13-11-29(12-14-30)17-24(31)27-18-7-4-8-19(15-18)32-2/h4,7-8,15H,3,5-6,9-14,17H2,1-2H3,(H,27,31). The lowest BCUT2D eigenvalue weighted by Gasteiger charge is -2.36. The van der Waals surface area contributed by atoms with Crippen molar-refractivity contribution in [3.63, 3.8) is 0 Å². The summed E-state index contributed by atoms with van der Waals surface area (Å²) in [7, 11) is 1.61. The first-order chi connectivity index (χ1) is 15.6. The Morgan fingerprint density at radius 1 is 1.22 bits per heavy atom. The number of ether oxygens (including phenoxy) is 1. The highest BCUT2D eigenvalue weighted by Crippen LogP contribution is 2.33. The van der Waals surface area contributed by atoms with Gasteiger partial charge in [-0.1, -0.05) is 19.4 Å². The number of benzene rings is 1. The van der Waals surface area contributed by atoms with Crippen molar-refractivity contribution in [1.29, 1.82) is 5.26 Å². The van der Waals surface area contributed by atoms with Gasteiger partial charge in [-0.15, -0.1) is 0 Å². The van der Waals surface area contributed by atoms with Crippen LogP contribution in [0.4, 0.5) is 11.5 Å². The predicted octanol–water partition coefficient (Wildman–Crippen LogP) is 3.16. The summed E-state index contributed by atoms with van der Waals surface area (Å²) in [5.74, 6) is 1.52. The number of methoxy groups -OCH3 is 1. The Labute approximate surface area is 190 Å². The maximum Gasteiger partial charge on any atom is 0.238 e. The van der Waals surface area contributed by atoms with E-state index in [4.69, 9.17) is 9.72 Å². The van der Waals surface area contributed by atoms with Gasteiger partial charge in [-0.05, 0) is 48.9 Å². The van der Waals surface area contributed by atoms with Crippen LogP contribution in [0.15, 0.2) is 24.3 Å². The van der Waals surface area contributed by atoms with Gasteiger partial charge in [-0.3, -0.25) is 9.69 Å². The van der Waals surface area contributed by atoms with Crippen LogP contribution >= 0.6 is 0 Å². The third-order valence-electron chi connectivity index (χ3n) is 6.32. The minimum Gasteiger partial charge on any atom is -0.497 e. The number of nitriles is 1. The summed E-state index contributed by atoms with van der Waals surface area (Å²) < 4.78 is 5.21. The van der Waals surface area contributed by atoms with Crippen LogP contribution in [0.2, 0.25) is 0 Å². The Balaban J connectivity index is 1.40. The average Bonchev–Trinajstić information content (AvgIpc) is 3.30. The van der Waals surface area contributed by atoms with E-state index in [0.717, 1.165) is 75.4 Å². The first-order valence-electron chi connectivity index (χ1n) is 11.5. The number of nitrogens with one attached hydrogen (secondary N) is 1. The highest BCUT2D eigenvalue weighted by Gasteiger charge is 2.27. The summed E-state index contributed by atoms with van der Waals surface area (Å²) >= 11 is 0. The molecule has 0 saturated carbocycles. The average molecular weight is 434 g/mol. The Morgan fingerprint density at radius 3 is 2.72 bits per heavy atom. The molecule has 4 rings (SSSR count). The van der Waals surface area contributed by atoms with Crippen molar-refractivity contribution < 1.29 is 9.53 Å². The molecule has 0 radical (unpaired) electrons. The number of carbonyl (C=O) groups excluding carboxylic acids is 1. The van der Waals surface area contributed by atoms with Crippen LogP contribution in [-0.2, 0) is 24.1 Å². The van der Waals surface area contributed by atoms with Gasteiger partial charge < -0.3 is 15.0 Å². The molecule has 168 valence electrons. The van der Waals surface area contributed by atoms with Crippen molar-refractivity contribution in [2.75, 3.05) is 50.1 Å². The number of rotatable bonds is 7. The summed E-state index contributed by atoms with van der Waals surface area (Å²) in [6.07, 6.45) is 5.16. The summed E-state index contributed by atoms with van der Waals surface area (Å²) in [5.41, 5.74) is 5.22. The highest BCUT2D eigenvalue weighted by molar-refractivity contribution is 5.92. The molecule has 0 spiro atoms. The smallest absolute Gasteiger partial charge is 0.238 e. The van der Waals surface area contributed by atoms with E-state index in [1.54, 1.807) is 7.11 Å². The van der Waals surface area contributed by atoms with Crippen molar-refractivity contribution in [3.8, 4) is 11.8 Å². The molecule has 2 aromatic rings. The molecular weight excluding hydrogens is 402 g/mol. The monoisotopic (exact) mass is 433 g/mol. The highest BCUT2D eigenvalue weighted by atomic mass is 16.5. The number of hydrogen-bond donors (Lipinski definition) is 1. The molecule has 32 heavy (non-hydrogen) atoms. The van der Waals surface area contributed by atoms with Crippen LogP contribution in [-0.4, -0.2) is 55.6 Å². The fraction of sp³-hybridized carbons (Fsp3) is 0.480. The Kier molecular flexibility index (Phi) is 6.91. The molecule has 1 saturated heterocycles. The van der Waals surface area contributed by atoms with E-state index in [9.17, 15) is 10.1 Å². The molecule has 0 bridgehead atoms. The fourth-order valence-electron chi connectivity index (χ4n) is 4.74. The van der Waals surface area contributed by atoms with E-state index >= 15 is 0 Å². The van der Waals surface area contributed by atoms with Crippen molar-refractivity contribution >= 4 is 17.4 Å². The molecule has 1 aliphatic carbocycles. The lowest BCUT2D eigenvalue weighted by atomic mass is 10.0. The predicted molar refractivity (Wildman–Crippen MR) is 125 cm³/mol. The Morgan fingerprint density at radius 2 is 2.00 bits per heavy atom. The van der Waals surface area contributed by atoms with Crippen LogP contribution in [0.3, 0.4) is 0 Å². The summed E-state index contributed by atoms with van der Waals surface area (Å²) in [4.78, 5) is 21.9. The van der Waals surface area contributed by atoms with Gasteiger partial charge in [-0.2, -0.15) is 5.26 Å². The zero-order valence-electron chi connectivity index (χ0n) is 19.0. The second-order valence-electron chi connectivity index (χ2n) is 8.47. The van der Waals surface area contributed by atoms with Gasteiger partial charge in [0.15, 0.2) is 0 Å². The maximum absolute atomic E-state index is 12.5. The summed E-state index contributed by atoms with van der Waals surface area (Å²) in [6.45, 7) is 5.57. The summed E-state index contributed by atoms with van der Waals surface area (Å²) in [5, 5.41) is 12.8. The van der Waals surface area contributed by atoms with Gasteiger partial charge in [-0.25, -0.2) is 4.98 Å². The normalized spacial score (nSPS) is 15.8. The van der Waals surface area contributed by atoms with Crippen molar-refractivity contribution in [1.82, 2.24) is 9.88 Å². The van der Waals surface area contributed by atoms with Gasteiger partial charge in [0.25, 0.3) is 0 Å². The minimum absolute atomic E-state index is 0.0368. The SMILES string of the molecule is CCCc1nc(N2CCN(CC(=O)Nc3cccc(OC)c3)CC2)c(C#N)c2c1CCC2. The van der Waals surface area contributed by atoms with E-state index in [0.29, 0.717) is 12.3 Å². The number of pyridine rings is 1. The first-order valence-corrected chi connectivity index (χ1v) is 11.5. The van der Waals surface area contributed by atoms with Crippen molar-refractivity contribution in [2.45, 2.75) is 39.0 Å². The largest absolute Gasteiger partial charge is 0.497 e. The number of aryl methyl sites for hydroxylation is 1. The van der Waals surface area contributed by atoms with Crippen LogP contribution in [0.25, 0.3) is 0 Å². The van der Waals surface area contributed by atoms with Crippen LogP contribution in [0.5, 0.6) is 5.75 Å². The number of amides is 1. The molecular formula is C25H31N5O2. The Bertz CT molecular complexity index is 1020. The zero-order valence-corrected chi connectivity index (χ0v) is 19.0. The molecule has 7 heteroatoms. The minimum atomic E-state index is -0.0368. The van der Waals surface area contributed by atoms with Gasteiger partial charge in [0.05, 0.1) is 19.2 Å².